The van der Waals surface area contributed by atoms with Crippen molar-refractivity contribution in [3.05, 3.63) is 47.5 Å². The molecular weight excluding hydrogens is 219 g/mol. The summed E-state index contributed by atoms with van der Waals surface area (Å²) in [4.78, 5) is 0. The quantitative estimate of drug-likeness (QED) is 0.881. The van der Waals surface area contributed by atoms with Crippen LogP contribution in [-0.4, -0.2) is 10.2 Å². The first-order chi connectivity index (χ1) is 8.16. The van der Waals surface area contributed by atoms with E-state index in [1.54, 1.807) is 18.3 Å². The van der Waals surface area contributed by atoms with Gasteiger partial charge in [-0.15, -0.1) is 0 Å². The number of hydrogen-bond donors (Lipinski definition) is 1. The van der Waals surface area contributed by atoms with Gasteiger partial charge < -0.3 is 4.74 Å². The Balaban J connectivity index is 2.09. The molecule has 0 radical (unpaired) electrons. The second kappa shape index (κ2) is 4.99. The molecule has 0 atom stereocenters. The van der Waals surface area contributed by atoms with E-state index < -0.39 is 0 Å². The van der Waals surface area contributed by atoms with Crippen LogP contribution in [0.2, 0.25) is 0 Å². The molecule has 0 unspecified atom stereocenters. The Labute approximate surface area is 99.6 Å². The van der Waals surface area contributed by atoms with Gasteiger partial charge in [0.25, 0.3) is 0 Å². The zero-order valence-corrected chi connectivity index (χ0v) is 9.90. The summed E-state index contributed by atoms with van der Waals surface area (Å²) < 4.78 is 19.0. The molecule has 0 aliphatic rings. The van der Waals surface area contributed by atoms with Crippen molar-refractivity contribution in [1.29, 1.82) is 0 Å². The van der Waals surface area contributed by atoms with Crippen LogP contribution < -0.4 is 4.74 Å². The fourth-order valence-electron chi connectivity index (χ4n) is 1.58. The van der Waals surface area contributed by atoms with Crippen LogP contribution >= 0.6 is 0 Å². The van der Waals surface area contributed by atoms with Gasteiger partial charge in [-0.3, -0.25) is 5.10 Å². The number of ether oxygens (including phenoxy) is 1. The number of nitrogens with zero attached hydrogens (tertiary/aromatic N) is 1. The Morgan fingerprint density at radius 3 is 2.82 bits per heavy atom. The molecule has 0 fully saturated rings. The highest BCUT2D eigenvalue weighted by Gasteiger charge is 2.08. The van der Waals surface area contributed by atoms with Crippen molar-refractivity contribution < 1.29 is 9.13 Å². The summed E-state index contributed by atoms with van der Waals surface area (Å²) >= 11 is 0. The number of aromatic nitrogens is 2. The lowest BCUT2D eigenvalue weighted by Gasteiger charge is -2.10. The van der Waals surface area contributed by atoms with Crippen LogP contribution in [0.4, 0.5) is 4.39 Å². The molecule has 0 amide bonds. The van der Waals surface area contributed by atoms with Gasteiger partial charge in [0.1, 0.15) is 18.2 Å². The highest BCUT2D eigenvalue weighted by Crippen LogP contribution is 2.24. The van der Waals surface area contributed by atoms with Crippen molar-refractivity contribution in [2.75, 3.05) is 0 Å². The average molecular weight is 234 g/mol. The van der Waals surface area contributed by atoms with E-state index in [-0.39, 0.29) is 11.7 Å². The normalized spacial score (nSPS) is 10.8. The van der Waals surface area contributed by atoms with E-state index >= 15 is 0 Å². The van der Waals surface area contributed by atoms with E-state index in [4.69, 9.17) is 4.74 Å². The predicted molar refractivity (Wildman–Crippen MR) is 63.4 cm³/mol. The minimum atomic E-state index is -0.186. The molecule has 0 saturated carbocycles. The van der Waals surface area contributed by atoms with Crippen LogP contribution in [0.3, 0.4) is 0 Å². The van der Waals surface area contributed by atoms with Crippen molar-refractivity contribution in [2.45, 2.75) is 26.4 Å². The molecule has 2 rings (SSSR count). The smallest absolute Gasteiger partial charge is 0.130 e. The van der Waals surface area contributed by atoms with Crippen molar-refractivity contribution in [3.8, 4) is 5.75 Å². The second-order valence-electron chi connectivity index (χ2n) is 4.21. The standard InChI is InChI=1S/C13H15FN2O/c1-9(2)12-7-11(3-4-13(12)14)17-8-10-5-6-15-16-10/h3-7,9H,8H2,1-2H3,(H,15,16). The summed E-state index contributed by atoms with van der Waals surface area (Å²) in [7, 11) is 0. The van der Waals surface area contributed by atoms with Gasteiger partial charge in [-0.05, 0) is 35.7 Å². The molecule has 0 bridgehead atoms. The molecule has 1 aromatic heterocycles. The minimum absolute atomic E-state index is 0.144. The number of aromatic amines is 1. The maximum atomic E-state index is 13.5. The van der Waals surface area contributed by atoms with Gasteiger partial charge in [-0.25, -0.2) is 4.39 Å². The van der Waals surface area contributed by atoms with Gasteiger partial charge in [-0.2, -0.15) is 5.10 Å². The number of halogens is 1. The Kier molecular flexibility index (Phi) is 3.42. The van der Waals surface area contributed by atoms with E-state index in [1.165, 1.54) is 6.07 Å². The molecule has 4 heteroatoms. The van der Waals surface area contributed by atoms with Gasteiger partial charge in [0.2, 0.25) is 0 Å². The van der Waals surface area contributed by atoms with Crippen molar-refractivity contribution in [1.82, 2.24) is 10.2 Å². The zero-order valence-electron chi connectivity index (χ0n) is 9.90. The molecule has 0 saturated heterocycles. The lowest BCUT2D eigenvalue weighted by molar-refractivity contribution is 0.300. The molecular formula is C13H15FN2O. The molecule has 0 aliphatic carbocycles. The van der Waals surface area contributed by atoms with Crippen LogP contribution in [0.5, 0.6) is 5.75 Å². The number of hydrogen-bond acceptors (Lipinski definition) is 2. The topological polar surface area (TPSA) is 37.9 Å². The number of H-pyrrole nitrogens is 1. The molecule has 1 aromatic carbocycles. The van der Waals surface area contributed by atoms with Crippen molar-refractivity contribution in [2.24, 2.45) is 0 Å². The first kappa shape index (κ1) is 11.6. The fourth-order valence-corrected chi connectivity index (χ4v) is 1.58. The van der Waals surface area contributed by atoms with Crippen LogP contribution in [0, 0.1) is 5.82 Å². The molecule has 1 heterocycles. The maximum Gasteiger partial charge on any atom is 0.130 e. The number of benzene rings is 1. The fraction of sp³-hybridized carbons (Fsp3) is 0.308. The number of nitrogens with one attached hydrogen (secondary N) is 1. The molecule has 1 N–H and O–H groups in total. The highest BCUT2D eigenvalue weighted by atomic mass is 19.1. The Bertz CT molecular complexity index is 480. The average Bonchev–Trinajstić information content (AvgIpc) is 2.80. The Morgan fingerprint density at radius 2 is 2.18 bits per heavy atom. The van der Waals surface area contributed by atoms with Crippen LogP contribution in [0.1, 0.15) is 31.0 Å². The van der Waals surface area contributed by atoms with Gasteiger partial charge in [0.15, 0.2) is 0 Å². The maximum absolute atomic E-state index is 13.5. The van der Waals surface area contributed by atoms with Crippen molar-refractivity contribution in [3.63, 3.8) is 0 Å². The lowest BCUT2D eigenvalue weighted by Crippen LogP contribution is -1.98. The van der Waals surface area contributed by atoms with Gasteiger partial charge >= 0.3 is 0 Å². The molecule has 0 spiro atoms. The third-order valence-electron chi connectivity index (χ3n) is 2.54. The monoisotopic (exact) mass is 234 g/mol. The summed E-state index contributed by atoms with van der Waals surface area (Å²) in [5, 5.41) is 6.64. The van der Waals surface area contributed by atoms with E-state index in [0.717, 1.165) is 5.69 Å². The van der Waals surface area contributed by atoms with E-state index in [9.17, 15) is 4.39 Å². The van der Waals surface area contributed by atoms with Crippen LogP contribution in [0.25, 0.3) is 0 Å². The lowest BCUT2D eigenvalue weighted by atomic mass is 10.0. The minimum Gasteiger partial charge on any atom is -0.487 e. The molecule has 0 aliphatic heterocycles. The molecule has 90 valence electrons. The van der Waals surface area contributed by atoms with Gasteiger partial charge in [-0.1, -0.05) is 13.8 Å². The SMILES string of the molecule is CC(C)c1cc(OCc2ccn[nH]2)ccc1F. The Hall–Kier alpha value is -1.84. The summed E-state index contributed by atoms with van der Waals surface area (Å²) in [6.07, 6.45) is 1.67. The van der Waals surface area contributed by atoms with E-state index in [0.29, 0.717) is 17.9 Å². The zero-order chi connectivity index (χ0) is 12.3. The molecule has 3 nitrogen and oxygen atoms in total. The van der Waals surface area contributed by atoms with E-state index in [2.05, 4.69) is 10.2 Å². The van der Waals surface area contributed by atoms with Gasteiger partial charge in [0, 0.05) is 6.20 Å². The first-order valence-electron chi connectivity index (χ1n) is 5.57. The molecule has 17 heavy (non-hydrogen) atoms. The largest absolute Gasteiger partial charge is 0.487 e. The first-order valence-corrected chi connectivity index (χ1v) is 5.57. The second-order valence-corrected chi connectivity index (χ2v) is 4.21. The number of rotatable bonds is 4. The summed E-state index contributed by atoms with van der Waals surface area (Å²) in [6.45, 7) is 4.32. The Morgan fingerprint density at radius 1 is 1.35 bits per heavy atom. The van der Waals surface area contributed by atoms with E-state index in [1.807, 2.05) is 19.9 Å². The molecule has 2 aromatic rings. The third-order valence-corrected chi connectivity index (χ3v) is 2.54. The highest BCUT2D eigenvalue weighted by molar-refractivity contribution is 5.31. The summed E-state index contributed by atoms with van der Waals surface area (Å²) in [6, 6.07) is 6.67. The third kappa shape index (κ3) is 2.84. The summed E-state index contributed by atoms with van der Waals surface area (Å²) in [5.74, 6) is 0.629. The summed E-state index contributed by atoms with van der Waals surface area (Å²) in [5.41, 5.74) is 1.56. The van der Waals surface area contributed by atoms with Crippen LogP contribution in [-0.2, 0) is 6.61 Å². The van der Waals surface area contributed by atoms with Crippen molar-refractivity contribution >= 4 is 0 Å². The van der Waals surface area contributed by atoms with Crippen LogP contribution in [0.15, 0.2) is 30.5 Å². The predicted octanol–water partition coefficient (Wildman–Crippen LogP) is 3.25. The van der Waals surface area contributed by atoms with Gasteiger partial charge in [0.05, 0.1) is 5.69 Å².